The van der Waals surface area contributed by atoms with Crippen LogP contribution in [0.4, 0.5) is 5.95 Å². The summed E-state index contributed by atoms with van der Waals surface area (Å²) in [4.78, 5) is 11.7. The molecule has 1 aliphatic heterocycles. The number of nitrogens with one attached hydrogen (secondary N) is 1. The molecule has 0 amide bonds. The van der Waals surface area contributed by atoms with Gasteiger partial charge in [0.2, 0.25) is 5.95 Å². The van der Waals surface area contributed by atoms with Crippen LogP contribution in [0.2, 0.25) is 0 Å². The van der Waals surface area contributed by atoms with Crippen molar-refractivity contribution >= 4 is 5.95 Å². The van der Waals surface area contributed by atoms with Crippen molar-refractivity contribution in [2.45, 2.75) is 52.6 Å². The molecule has 0 aromatic carbocycles. The van der Waals surface area contributed by atoms with Crippen molar-refractivity contribution in [3.05, 3.63) is 17.5 Å². The van der Waals surface area contributed by atoms with Crippen molar-refractivity contribution in [1.82, 2.24) is 15.3 Å². The van der Waals surface area contributed by atoms with E-state index >= 15 is 0 Å². The van der Waals surface area contributed by atoms with Crippen LogP contribution in [0.5, 0.6) is 0 Å². The Morgan fingerprint density at radius 3 is 2.78 bits per heavy atom. The molecule has 1 N–H and O–H groups in total. The van der Waals surface area contributed by atoms with Crippen molar-refractivity contribution in [3.63, 3.8) is 0 Å². The van der Waals surface area contributed by atoms with Gasteiger partial charge in [-0.2, -0.15) is 0 Å². The summed E-state index contributed by atoms with van der Waals surface area (Å²) in [7, 11) is 0. The molecule has 1 saturated heterocycles. The van der Waals surface area contributed by atoms with Gasteiger partial charge in [-0.05, 0) is 46.2 Å². The summed E-state index contributed by atoms with van der Waals surface area (Å²) in [6.07, 6.45) is 2.44. The second-order valence-corrected chi connectivity index (χ2v) is 5.65. The maximum absolute atomic E-state index is 4.70. The lowest BCUT2D eigenvalue weighted by Gasteiger charge is -2.32. The molecule has 0 aliphatic carbocycles. The zero-order valence-electron chi connectivity index (χ0n) is 12.0. The van der Waals surface area contributed by atoms with Crippen molar-refractivity contribution in [2.75, 3.05) is 18.0 Å². The average Bonchev–Trinajstić information content (AvgIpc) is 2.65. The summed E-state index contributed by atoms with van der Waals surface area (Å²) >= 11 is 0. The lowest BCUT2D eigenvalue weighted by molar-refractivity contribution is 0.508. The molecule has 4 nitrogen and oxygen atoms in total. The second kappa shape index (κ2) is 5.22. The summed E-state index contributed by atoms with van der Waals surface area (Å²) < 4.78 is 0. The Bertz CT molecular complexity index is 414. The number of anilines is 1. The molecule has 0 bridgehead atoms. The predicted molar refractivity (Wildman–Crippen MR) is 74.8 cm³/mol. The van der Waals surface area contributed by atoms with E-state index in [4.69, 9.17) is 4.98 Å². The van der Waals surface area contributed by atoms with Gasteiger partial charge in [-0.3, -0.25) is 0 Å². The first-order chi connectivity index (χ1) is 8.53. The van der Waals surface area contributed by atoms with Crippen LogP contribution in [0.3, 0.4) is 0 Å². The van der Waals surface area contributed by atoms with Crippen LogP contribution < -0.4 is 10.2 Å². The van der Waals surface area contributed by atoms with Crippen molar-refractivity contribution in [2.24, 2.45) is 0 Å². The largest absolute Gasteiger partial charge is 0.336 e. The van der Waals surface area contributed by atoms with E-state index in [1.54, 1.807) is 0 Å². The Morgan fingerprint density at radius 2 is 2.17 bits per heavy atom. The van der Waals surface area contributed by atoms with Gasteiger partial charge < -0.3 is 10.2 Å². The molecule has 4 heteroatoms. The Hall–Kier alpha value is -1.16. The molecule has 0 radical (unpaired) electrons. The van der Waals surface area contributed by atoms with Crippen LogP contribution in [0.15, 0.2) is 6.07 Å². The number of hydrogen-bond donors (Lipinski definition) is 1. The molecule has 1 aromatic rings. The van der Waals surface area contributed by atoms with E-state index in [1.165, 1.54) is 12.8 Å². The van der Waals surface area contributed by atoms with Gasteiger partial charge in [-0.25, -0.2) is 9.97 Å². The third-order valence-corrected chi connectivity index (χ3v) is 3.59. The van der Waals surface area contributed by atoms with Gasteiger partial charge in [-0.1, -0.05) is 6.92 Å². The molecule has 0 spiro atoms. The quantitative estimate of drug-likeness (QED) is 0.887. The number of hydrogen-bond acceptors (Lipinski definition) is 4. The Balaban J connectivity index is 2.24. The number of rotatable bonds is 4. The monoisotopic (exact) mass is 248 g/mol. The molecular formula is C14H24N4. The summed E-state index contributed by atoms with van der Waals surface area (Å²) in [5.41, 5.74) is 2.32. The Kier molecular flexibility index (Phi) is 3.85. The minimum atomic E-state index is 0.184. The average molecular weight is 248 g/mol. The highest BCUT2D eigenvalue weighted by Gasteiger charge is 2.33. The van der Waals surface area contributed by atoms with Gasteiger partial charge >= 0.3 is 0 Å². The number of nitrogens with zero attached hydrogens (tertiary/aromatic N) is 3. The first-order valence-electron chi connectivity index (χ1n) is 6.86. The van der Waals surface area contributed by atoms with Crippen molar-refractivity contribution < 1.29 is 0 Å². The van der Waals surface area contributed by atoms with E-state index in [0.29, 0.717) is 0 Å². The van der Waals surface area contributed by atoms with E-state index in [9.17, 15) is 0 Å². The minimum Gasteiger partial charge on any atom is -0.336 e. The van der Waals surface area contributed by atoms with Crippen LogP contribution in [0.1, 0.15) is 45.0 Å². The molecule has 0 saturated carbocycles. The maximum Gasteiger partial charge on any atom is 0.226 e. The van der Waals surface area contributed by atoms with Gasteiger partial charge in [-0.15, -0.1) is 0 Å². The highest BCUT2D eigenvalue weighted by molar-refractivity contribution is 5.38. The Labute approximate surface area is 110 Å². The van der Waals surface area contributed by atoms with Gasteiger partial charge in [0, 0.05) is 24.3 Å². The van der Waals surface area contributed by atoms with Crippen molar-refractivity contribution in [1.29, 1.82) is 0 Å². The van der Waals surface area contributed by atoms with Crippen molar-refractivity contribution in [3.8, 4) is 0 Å². The van der Waals surface area contributed by atoms with Gasteiger partial charge in [0.15, 0.2) is 0 Å². The highest BCUT2D eigenvalue weighted by Crippen LogP contribution is 2.31. The fourth-order valence-electron chi connectivity index (χ4n) is 2.56. The lowest BCUT2D eigenvalue weighted by atomic mass is 10.0. The van der Waals surface area contributed by atoms with E-state index in [2.05, 4.69) is 42.0 Å². The molecule has 2 rings (SSSR count). The predicted octanol–water partition coefficient (Wildman–Crippen LogP) is 2.27. The zero-order chi connectivity index (χ0) is 13.2. The SMILES string of the molecule is CCNCc1cc(C)nc(N2CCCC2(C)C)n1. The molecule has 0 unspecified atom stereocenters. The molecule has 2 heterocycles. The van der Waals surface area contributed by atoms with Crippen LogP contribution in [0.25, 0.3) is 0 Å². The van der Waals surface area contributed by atoms with Gasteiger partial charge in [0.05, 0.1) is 5.69 Å². The molecule has 1 fully saturated rings. The molecule has 1 aromatic heterocycles. The van der Waals surface area contributed by atoms with Gasteiger partial charge in [0.25, 0.3) is 0 Å². The van der Waals surface area contributed by atoms with Crippen LogP contribution in [0, 0.1) is 6.92 Å². The fourth-order valence-corrected chi connectivity index (χ4v) is 2.56. The van der Waals surface area contributed by atoms with E-state index in [1.807, 2.05) is 6.92 Å². The third kappa shape index (κ3) is 2.80. The Morgan fingerprint density at radius 1 is 1.39 bits per heavy atom. The lowest BCUT2D eigenvalue weighted by Crippen LogP contribution is -2.39. The maximum atomic E-state index is 4.70. The second-order valence-electron chi connectivity index (χ2n) is 5.65. The van der Waals surface area contributed by atoms with Gasteiger partial charge in [0.1, 0.15) is 0 Å². The summed E-state index contributed by atoms with van der Waals surface area (Å²) in [6.45, 7) is 11.6. The first kappa shape index (κ1) is 13.3. The van der Waals surface area contributed by atoms with E-state index in [-0.39, 0.29) is 5.54 Å². The van der Waals surface area contributed by atoms with Crippen LogP contribution in [-0.2, 0) is 6.54 Å². The first-order valence-corrected chi connectivity index (χ1v) is 6.86. The van der Waals surface area contributed by atoms with Crippen LogP contribution in [-0.4, -0.2) is 28.6 Å². The van der Waals surface area contributed by atoms with E-state index in [0.717, 1.165) is 37.0 Å². The number of aryl methyl sites for hydroxylation is 1. The topological polar surface area (TPSA) is 41.1 Å². The standard InChI is InChI=1S/C14H24N4/c1-5-15-10-12-9-11(2)16-13(17-12)18-8-6-7-14(18,3)4/h9,15H,5-8,10H2,1-4H3. The minimum absolute atomic E-state index is 0.184. The van der Waals surface area contributed by atoms with E-state index < -0.39 is 0 Å². The summed E-state index contributed by atoms with van der Waals surface area (Å²) in [5, 5.41) is 3.32. The molecular weight excluding hydrogens is 224 g/mol. The molecule has 100 valence electrons. The smallest absolute Gasteiger partial charge is 0.226 e. The fraction of sp³-hybridized carbons (Fsp3) is 0.714. The zero-order valence-corrected chi connectivity index (χ0v) is 12.0. The molecule has 1 aliphatic rings. The highest BCUT2D eigenvalue weighted by atomic mass is 15.3. The third-order valence-electron chi connectivity index (χ3n) is 3.59. The summed E-state index contributed by atoms with van der Waals surface area (Å²) in [6, 6.07) is 2.06. The summed E-state index contributed by atoms with van der Waals surface area (Å²) in [5.74, 6) is 0.894. The van der Waals surface area contributed by atoms with Crippen LogP contribution >= 0.6 is 0 Å². The number of aromatic nitrogens is 2. The molecule has 0 atom stereocenters. The molecule has 18 heavy (non-hydrogen) atoms. The normalized spacial score (nSPS) is 18.3.